The van der Waals surface area contributed by atoms with E-state index in [4.69, 9.17) is 10.8 Å². The molecule has 0 bridgehead atoms. The van der Waals surface area contributed by atoms with Gasteiger partial charge in [0, 0.05) is 26.2 Å². The molecule has 0 spiro atoms. The summed E-state index contributed by atoms with van der Waals surface area (Å²) in [6, 6.07) is 10.0. The first-order valence-corrected chi connectivity index (χ1v) is 5.82. The number of nitrogens with zero attached hydrogens (tertiary/aromatic N) is 1. The van der Waals surface area contributed by atoms with E-state index in [0.29, 0.717) is 19.6 Å². The molecule has 0 heterocycles. The van der Waals surface area contributed by atoms with E-state index in [0.717, 1.165) is 6.54 Å². The Morgan fingerprint density at radius 3 is 2.59 bits per heavy atom. The van der Waals surface area contributed by atoms with Crippen LogP contribution in [0.4, 0.5) is 0 Å². The molecule has 1 atom stereocenters. The van der Waals surface area contributed by atoms with E-state index in [1.165, 1.54) is 5.56 Å². The first-order valence-electron chi connectivity index (χ1n) is 5.82. The minimum atomic E-state index is -0.764. The third kappa shape index (κ3) is 4.97. The second-order valence-corrected chi connectivity index (χ2v) is 4.25. The van der Waals surface area contributed by atoms with Crippen LogP contribution in [0.2, 0.25) is 0 Å². The zero-order valence-corrected chi connectivity index (χ0v) is 10.2. The summed E-state index contributed by atoms with van der Waals surface area (Å²) in [5.41, 5.74) is 6.73. The lowest BCUT2D eigenvalue weighted by atomic mass is 10.1. The highest BCUT2D eigenvalue weighted by atomic mass is 16.4. The maximum atomic E-state index is 10.8. The zero-order chi connectivity index (χ0) is 12.7. The van der Waals surface area contributed by atoms with Gasteiger partial charge in [0.2, 0.25) is 0 Å². The molecule has 0 aromatic heterocycles. The van der Waals surface area contributed by atoms with Crippen LogP contribution < -0.4 is 5.73 Å². The highest BCUT2D eigenvalue weighted by molar-refractivity contribution is 5.69. The van der Waals surface area contributed by atoms with E-state index in [2.05, 4.69) is 4.90 Å². The number of hydrogen-bond acceptors (Lipinski definition) is 3. The van der Waals surface area contributed by atoms with E-state index in [1.807, 2.05) is 30.3 Å². The van der Waals surface area contributed by atoms with Crippen molar-refractivity contribution in [3.63, 3.8) is 0 Å². The Morgan fingerprint density at radius 1 is 1.41 bits per heavy atom. The van der Waals surface area contributed by atoms with Crippen molar-refractivity contribution in [1.82, 2.24) is 4.90 Å². The molecule has 0 fully saturated rings. The first-order chi connectivity index (χ1) is 8.13. The smallest absolute Gasteiger partial charge is 0.307 e. The Kier molecular flexibility index (Phi) is 5.66. The quantitative estimate of drug-likeness (QED) is 0.745. The lowest BCUT2D eigenvalue weighted by Gasteiger charge is -2.23. The molecule has 17 heavy (non-hydrogen) atoms. The molecule has 4 heteroatoms. The van der Waals surface area contributed by atoms with Crippen molar-refractivity contribution in [3.05, 3.63) is 35.9 Å². The third-order valence-electron chi connectivity index (χ3n) is 2.65. The molecular weight excluding hydrogens is 216 g/mol. The summed E-state index contributed by atoms with van der Waals surface area (Å²) >= 11 is 0. The van der Waals surface area contributed by atoms with Crippen LogP contribution in [0.15, 0.2) is 30.3 Å². The fourth-order valence-electron chi connectivity index (χ4n) is 1.72. The fourth-order valence-corrected chi connectivity index (χ4v) is 1.72. The lowest BCUT2D eigenvalue weighted by molar-refractivity contribution is -0.141. The number of carboxylic acid groups (broad SMARTS) is 1. The summed E-state index contributed by atoms with van der Waals surface area (Å²) in [5, 5.41) is 8.91. The Balaban J connectivity index is 2.57. The van der Waals surface area contributed by atoms with Gasteiger partial charge in [-0.3, -0.25) is 9.69 Å². The SMILES string of the molecule is CC(CN(CCN)Cc1ccccc1)C(=O)O. The van der Waals surface area contributed by atoms with Gasteiger partial charge in [0.05, 0.1) is 5.92 Å². The summed E-state index contributed by atoms with van der Waals surface area (Å²) in [6.45, 7) is 4.25. The van der Waals surface area contributed by atoms with Gasteiger partial charge in [-0.1, -0.05) is 37.3 Å². The summed E-state index contributed by atoms with van der Waals surface area (Å²) < 4.78 is 0. The second-order valence-electron chi connectivity index (χ2n) is 4.25. The van der Waals surface area contributed by atoms with Crippen LogP contribution in [0, 0.1) is 5.92 Å². The minimum Gasteiger partial charge on any atom is -0.481 e. The van der Waals surface area contributed by atoms with Crippen LogP contribution in [-0.4, -0.2) is 35.6 Å². The minimum absolute atomic E-state index is 0.370. The Labute approximate surface area is 102 Å². The summed E-state index contributed by atoms with van der Waals surface area (Å²) in [5.74, 6) is -1.13. The number of benzene rings is 1. The molecule has 1 rings (SSSR count). The molecule has 0 radical (unpaired) electrons. The van der Waals surface area contributed by atoms with Crippen LogP contribution in [0.5, 0.6) is 0 Å². The van der Waals surface area contributed by atoms with Crippen molar-refractivity contribution >= 4 is 5.97 Å². The van der Waals surface area contributed by atoms with Gasteiger partial charge in [-0.25, -0.2) is 0 Å². The van der Waals surface area contributed by atoms with E-state index in [1.54, 1.807) is 6.92 Å². The third-order valence-corrected chi connectivity index (χ3v) is 2.65. The monoisotopic (exact) mass is 236 g/mol. The zero-order valence-electron chi connectivity index (χ0n) is 10.2. The van der Waals surface area contributed by atoms with Gasteiger partial charge in [-0.05, 0) is 5.56 Å². The van der Waals surface area contributed by atoms with Crippen molar-refractivity contribution in [2.75, 3.05) is 19.6 Å². The number of carbonyl (C=O) groups is 1. The van der Waals surface area contributed by atoms with Crippen LogP contribution in [0.3, 0.4) is 0 Å². The van der Waals surface area contributed by atoms with Gasteiger partial charge in [0.15, 0.2) is 0 Å². The van der Waals surface area contributed by atoms with Gasteiger partial charge >= 0.3 is 5.97 Å². The standard InChI is InChI=1S/C13H20N2O2/c1-11(13(16)17)9-15(8-7-14)10-12-5-3-2-4-6-12/h2-6,11H,7-10,14H2,1H3,(H,16,17). The van der Waals surface area contributed by atoms with Crippen molar-refractivity contribution in [1.29, 1.82) is 0 Å². The van der Waals surface area contributed by atoms with E-state index in [-0.39, 0.29) is 5.92 Å². The van der Waals surface area contributed by atoms with Gasteiger partial charge < -0.3 is 10.8 Å². The average Bonchev–Trinajstić information content (AvgIpc) is 2.30. The Bertz CT molecular complexity index is 341. The number of carboxylic acids is 1. The maximum absolute atomic E-state index is 10.8. The molecule has 0 aliphatic heterocycles. The number of hydrogen-bond donors (Lipinski definition) is 2. The summed E-state index contributed by atoms with van der Waals surface area (Å²) in [6.07, 6.45) is 0. The van der Waals surface area contributed by atoms with Crippen LogP contribution in [0.25, 0.3) is 0 Å². The molecule has 0 aliphatic carbocycles. The van der Waals surface area contributed by atoms with Crippen molar-refractivity contribution < 1.29 is 9.90 Å². The molecule has 1 unspecified atom stereocenters. The Hall–Kier alpha value is -1.39. The Morgan fingerprint density at radius 2 is 2.06 bits per heavy atom. The first kappa shape index (κ1) is 13.7. The van der Waals surface area contributed by atoms with Crippen molar-refractivity contribution in [2.24, 2.45) is 11.7 Å². The largest absolute Gasteiger partial charge is 0.481 e. The topological polar surface area (TPSA) is 66.6 Å². The fraction of sp³-hybridized carbons (Fsp3) is 0.462. The van der Waals surface area contributed by atoms with Crippen LogP contribution in [-0.2, 0) is 11.3 Å². The number of nitrogens with two attached hydrogens (primary N) is 1. The molecule has 4 nitrogen and oxygen atoms in total. The van der Waals surface area contributed by atoms with Gasteiger partial charge in [0.25, 0.3) is 0 Å². The van der Waals surface area contributed by atoms with Crippen LogP contribution >= 0.6 is 0 Å². The van der Waals surface area contributed by atoms with Crippen molar-refractivity contribution in [2.45, 2.75) is 13.5 Å². The highest BCUT2D eigenvalue weighted by Gasteiger charge is 2.15. The van der Waals surface area contributed by atoms with E-state index in [9.17, 15) is 4.79 Å². The van der Waals surface area contributed by atoms with E-state index >= 15 is 0 Å². The number of aliphatic carboxylic acids is 1. The van der Waals surface area contributed by atoms with Gasteiger partial charge in [0.1, 0.15) is 0 Å². The maximum Gasteiger partial charge on any atom is 0.307 e. The van der Waals surface area contributed by atoms with Crippen LogP contribution in [0.1, 0.15) is 12.5 Å². The molecule has 0 saturated heterocycles. The molecule has 94 valence electrons. The molecule has 0 saturated carbocycles. The van der Waals surface area contributed by atoms with E-state index < -0.39 is 5.97 Å². The van der Waals surface area contributed by atoms with Gasteiger partial charge in [-0.2, -0.15) is 0 Å². The molecule has 1 aromatic carbocycles. The van der Waals surface area contributed by atoms with Crippen molar-refractivity contribution in [3.8, 4) is 0 Å². The van der Waals surface area contributed by atoms with Gasteiger partial charge in [-0.15, -0.1) is 0 Å². The summed E-state index contributed by atoms with van der Waals surface area (Å²) in [4.78, 5) is 12.9. The normalized spacial score (nSPS) is 12.6. The predicted molar refractivity (Wildman–Crippen MR) is 67.6 cm³/mol. The second kappa shape index (κ2) is 7.04. The lowest BCUT2D eigenvalue weighted by Crippen LogP contribution is -2.35. The molecular formula is C13H20N2O2. The highest BCUT2D eigenvalue weighted by Crippen LogP contribution is 2.07. The molecule has 0 amide bonds. The predicted octanol–water partition coefficient (Wildman–Crippen LogP) is 1.17. The number of rotatable bonds is 7. The molecule has 0 aliphatic rings. The molecule has 1 aromatic rings. The average molecular weight is 236 g/mol. The molecule has 3 N–H and O–H groups in total. The summed E-state index contributed by atoms with van der Waals surface area (Å²) in [7, 11) is 0.